The highest BCUT2D eigenvalue weighted by Crippen LogP contribution is 2.42. The summed E-state index contributed by atoms with van der Waals surface area (Å²) in [5.41, 5.74) is 6.98. The van der Waals surface area contributed by atoms with Crippen molar-refractivity contribution in [2.24, 2.45) is 16.6 Å². The van der Waals surface area contributed by atoms with E-state index in [1.807, 2.05) is 0 Å². The standard InChI is InChI=1S/C14H28N2/c1-13(5-2-3-6-13)12-16-10-9-14(11-15)7-4-8-14/h16H,2-12,15H2,1H3. The molecule has 0 spiro atoms. The number of rotatable bonds is 6. The molecule has 16 heavy (non-hydrogen) atoms. The van der Waals surface area contributed by atoms with Gasteiger partial charge in [0, 0.05) is 6.54 Å². The Morgan fingerprint density at radius 1 is 1.06 bits per heavy atom. The summed E-state index contributed by atoms with van der Waals surface area (Å²) in [5.74, 6) is 0. The van der Waals surface area contributed by atoms with Crippen molar-refractivity contribution < 1.29 is 0 Å². The summed E-state index contributed by atoms with van der Waals surface area (Å²) < 4.78 is 0. The summed E-state index contributed by atoms with van der Waals surface area (Å²) in [4.78, 5) is 0. The molecule has 0 bridgehead atoms. The largest absolute Gasteiger partial charge is 0.330 e. The van der Waals surface area contributed by atoms with Crippen molar-refractivity contribution in [1.29, 1.82) is 0 Å². The van der Waals surface area contributed by atoms with Gasteiger partial charge in [0.15, 0.2) is 0 Å². The fourth-order valence-electron chi connectivity index (χ4n) is 3.38. The Balaban J connectivity index is 1.61. The zero-order chi connectivity index (χ0) is 11.5. The molecule has 0 amide bonds. The number of hydrogen-bond donors (Lipinski definition) is 2. The second-order valence-corrected chi connectivity index (χ2v) is 6.50. The van der Waals surface area contributed by atoms with E-state index in [1.165, 1.54) is 64.5 Å². The van der Waals surface area contributed by atoms with Gasteiger partial charge in [-0.25, -0.2) is 0 Å². The monoisotopic (exact) mass is 224 g/mol. The Kier molecular flexibility index (Phi) is 3.91. The number of nitrogens with one attached hydrogen (secondary N) is 1. The maximum Gasteiger partial charge on any atom is 0.000516 e. The lowest BCUT2D eigenvalue weighted by Gasteiger charge is -2.41. The first-order chi connectivity index (χ1) is 7.68. The topological polar surface area (TPSA) is 38.0 Å². The number of nitrogens with two attached hydrogens (primary N) is 1. The molecule has 3 N–H and O–H groups in total. The lowest BCUT2D eigenvalue weighted by atomic mass is 9.67. The van der Waals surface area contributed by atoms with Crippen LogP contribution in [0.4, 0.5) is 0 Å². The Labute approximate surface area is 100 Å². The molecule has 2 fully saturated rings. The van der Waals surface area contributed by atoms with Gasteiger partial charge in [-0.15, -0.1) is 0 Å². The minimum atomic E-state index is 0.517. The molecule has 2 saturated carbocycles. The van der Waals surface area contributed by atoms with Crippen molar-refractivity contribution >= 4 is 0 Å². The van der Waals surface area contributed by atoms with Crippen LogP contribution in [0.3, 0.4) is 0 Å². The lowest BCUT2D eigenvalue weighted by molar-refractivity contribution is 0.128. The van der Waals surface area contributed by atoms with Crippen LogP contribution in [0.25, 0.3) is 0 Å². The highest BCUT2D eigenvalue weighted by molar-refractivity contribution is 4.89. The smallest absolute Gasteiger partial charge is 0.000516 e. The van der Waals surface area contributed by atoms with Gasteiger partial charge >= 0.3 is 0 Å². The number of hydrogen-bond acceptors (Lipinski definition) is 2. The fraction of sp³-hybridized carbons (Fsp3) is 1.00. The average molecular weight is 224 g/mol. The third-order valence-electron chi connectivity index (χ3n) is 5.04. The SMILES string of the molecule is CC1(CNCCC2(CN)CCC2)CCCC1. The predicted molar refractivity (Wildman–Crippen MR) is 69.4 cm³/mol. The quantitative estimate of drug-likeness (QED) is 0.681. The van der Waals surface area contributed by atoms with Crippen molar-refractivity contribution in [3.05, 3.63) is 0 Å². The molecular weight excluding hydrogens is 196 g/mol. The van der Waals surface area contributed by atoms with Gasteiger partial charge < -0.3 is 11.1 Å². The minimum Gasteiger partial charge on any atom is -0.330 e. The molecule has 0 aromatic rings. The normalized spacial score (nSPS) is 26.6. The van der Waals surface area contributed by atoms with Crippen molar-refractivity contribution in [3.8, 4) is 0 Å². The second kappa shape index (κ2) is 5.05. The van der Waals surface area contributed by atoms with Gasteiger partial charge in [0.05, 0.1) is 0 Å². The minimum absolute atomic E-state index is 0.517. The molecule has 0 saturated heterocycles. The molecule has 2 aliphatic rings. The molecule has 2 rings (SSSR count). The van der Waals surface area contributed by atoms with Crippen LogP contribution in [0, 0.1) is 10.8 Å². The van der Waals surface area contributed by atoms with E-state index in [1.54, 1.807) is 0 Å². The molecule has 2 heteroatoms. The molecule has 0 radical (unpaired) electrons. The summed E-state index contributed by atoms with van der Waals surface area (Å²) in [5, 5.41) is 3.67. The molecule has 0 aliphatic heterocycles. The average Bonchev–Trinajstić information content (AvgIpc) is 2.64. The van der Waals surface area contributed by atoms with Crippen LogP contribution in [-0.2, 0) is 0 Å². The zero-order valence-electron chi connectivity index (χ0n) is 10.9. The highest BCUT2D eigenvalue weighted by atomic mass is 14.9. The highest BCUT2D eigenvalue weighted by Gasteiger charge is 2.35. The third-order valence-corrected chi connectivity index (χ3v) is 5.04. The van der Waals surface area contributed by atoms with E-state index >= 15 is 0 Å². The molecule has 2 nitrogen and oxygen atoms in total. The Morgan fingerprint density at radius 2 is 1.75 bits per heavy atom. The summed E-state index contributed by atoms with van der Waals surface area (Å²) in [6.07, 6.45) is 11.1. The van der Waals surface area contributed by atoms with E-state index in [9.17, 15) is 0 Å². The van der Waals surface area contributed by atoms with E-state index in [4.69, 9.17) is 5.73 Å². The van der Waals surface area contributed by atoms with E-state index in [0.29, 0.717) is 10.8 Å². The second-order valence-electron chi connectivity index (χ2n) is 6.50. The van der Waals surface area contributed by atoms with Gasteiger partial charge in [-0.05, 0) is 56.0 Å². The first kappa shape index (κ1) is 12.4. The predicted octanol–water partition coefficient (Wildman–Crippen LogP) is 2.68. The van der Waals surface area contributed by atoms with Crippen LogP contribution in [0.1, 0.15) is 58.3 Å². The lowest BCUT2D eigenvalue weighted by Crippen LogP contribution is -2.40. The van der Waals surface area contributed by atoms with Gasteiger partial charge in [-0.3, -0.25) is 0 Å². The Morgan fingerprint density at radius 3 is 2.25 bits per heavy atom. The molecule has 2 aliphatic carbocycles. The Bertz CT molecular complexity index is 205. The van der Waals surface area contributed by atoms with Crippen LogP contribution in [0.5, 0.6) is 0 Å². The van der Waals surface area contributed by atoms with E-state index < -0.39 is 0 Å². The maximum atomic E-state index is 5.87. The summed E-state index contributed by atoms with van der Waals surface area (Å²) in [7, 11) is 0. The molecule has 0 aromatic carbocycles. The maximum absolute atomic E-state index is 5.87. The molecular formula is C14H28N2. The molecule has 0 heterocycles. The summed E-state index contributed by atoms with van der Waals surface area (Å²) >= 11 is 0. The van der Waals surface area contributed by atoms with Crippen LogP contribution >= 0.6 is 0 Å². The van der Waals surface area contributed by atoms with Crippen LogP contribution < -0.4 is 11.1 Å². The van der Waals surface area contributed by atoms with E-state index in [2.05, 4.69) is 12.2 Å². The van der Waals surface area contributed by atoms with Crippen molar-refractivity contribution in [2.75, 3.05) is 19.6 Å². The van der Waals surface area contributed by atoms with Gasteiger partial charge in [0.2, 0.25) is 0 Å². The molecule has 0 unspecified atom stereocenters. The van der Waals surface area contributed by atoms with Crippen LogP contribution in [0.2, 0.25) is 0 Å². The van der Waals surface area contributed by atoms with Crippen molar-refractivity contribution in [3.63, 3.8) is 0 Å². The van der Waals surface area contributed by atoms with E-state index in [0.717, 1.165) is 6.54 Å². The van der Waals surface area contributed by atoms with E-state index in [-0.39, 0.29) is 0 Å². The summed E-state index contributed by atoms with van der Waals surface area (Å²) in [6, 6.07) is 0. The Hall–Kier alpha value is -0.0800. The molecule has 0 aromatic heterocycles. The molecule has 0 atom stereocenters. The zero-order valence-corrected chi connectivity index (χ0v) is 10.9. The van der Waals surface area contributed by atoms with Crippen LogP contribution in [0.15, 0.2) is 0 Å². The van der Waals surface area contributed by atoms with Crippen molar-refractivity contribution in [2.45, 2.75) is 58.3 Å². The van der Waals surface area contributed by atoms with Crippen LogP contribution in [-0.4, -0.2) is 19.6 Å². The third kappa shape index (κ3) is 2.78. The van der Waals surface area contributed by atoms with Gasteiger partial charge in [-0.1, -0.05) is 26.2 Å². The molecule has 94 valence electrons. The fourth-order valence-corrected chi connectivity index (χ4v) is 3.38. The van der Waals surface area contributed by atoms with Crippen molar-refractivity contribution in [1.82, 2.24) is 5.32 Å². The van der Waals surface area contributed by atoms with Gasteiger partial charge in [-0.2, -0.15) is 0 Å². The first-order valence-corrected chi connectivity index (χ1v) is 7.09. The van der Waals surface area contributed by atoms with Gasteiger partial charge in [0.25, 0.3) is 0 Å². The van der Waals surface area contributed by atoms with Gasteiger partial charge in [0.1, 0.15) is 0 Å². The summed E-state index contributed by atoms with van der Waals surface area (Å²) in [6.45, 7) is 5.72. The first-order valence-electron chi connectivity index (χ1n) is 7.09.